The zero-order chi connectivity index (χ0) is 9.97. The molecule has 1 aliphatic rings. The number of hydrogen-bond donors (Lipinski definition) is 1. The SMILES string of the molecule is CN1CCCc2ccc(CCN)cc21. The number of fused-ring (bicyclic) bond motifs is 1. The molecule has 0 aliphatic carbocycles. The van der Waals surface area contributed by atoms with Crippen LogP contribution in [0.5, 0.6) is 0 Å². The molecule has 0 atom stereocenters. The Bertz CT molecular complexity index is 320. The van der Waals surface area contributed by atoms with E-state index in [9.17, 15) is 0 Å². The number of hydrogen-bond acceptors (Lipinski definition) is 2. The van der Waals surface area contributed by atoms with E-state index in [4.69, 9.17) is 5.73 Å². The van der Waals surface area contributed by atoms with Crippen molar-refractivity contribution in [1.82, 2.24) is 0 Å². The Hall–Kier alpha value is -1.02. The Morgan fingerprint density at radius 1 is 1.43 bits per heavy atom. The molecule has 0 radical (unpaired) electrons. The van der Waals surface area contributed by atoms with Gasteiger partial charge in [0.1, 0.15) is 0 Å². The highest BCUT2D eigenvalue weighted by Gasteiger charge is 2.13. The standard InChI is InChI=1S/C12H18N2/c1-14-8-2-3-11-5-4-10(6-7-13)9-12(11)14/h4-5,9H,2-3,6-8,13H2,1H3. The molecule has 2 heteroatoms. The molecule has 1 aromatic rings. The minimum atomic E-state index is 0.739. The van der Waals surface area contributed by atoms with Crippen LogP contribution in [-0.4, -0.2) is 20.1 Å². The maximum absolute atomic E-state index is 5.56. The van der Waals surface area contributed by atoms with Crippen LogP contribution in [0.3, 0.4) is 0 Å². The van der Waals surface area contributed by atoms with Crippen LogP contribution in [0.4, 0.5) is 5.69 Å². The predicted octanol–water partition coefficient (Wildman–Crippen LogP) is 1.57. The van der Waals surface area contributed by atoms with E-state index in [1.807, 2.05) is 0 Å². The molecular formula is C12H18N2. The summed E-state index contributed by atoms with van der Waals surface area (Å²) in [5.41, 5.74) is 9.81. The second-order valence-corrected chi connectivity index (χ2v) is 4.03. The molecule has 0 bridgehead atoms. The topological polar surface area (TPSA) is 29.3 Å². The second kappa shape index (κ2) is 4.01. The summed E-state index contributed by atoms with van der Waals surface area (Å²) >= 11 is 0. The van der Waals surface area contributed by atoms with Gasteiger partial charge in [0.2, 0.25) is 0 Å². The summed E-state index contributed by atoms with van der Waals surface area (Å²) in [5.74, 6) is 0. The molecule has 0 saturated heterocycles. The van der Waals surface area contributed by atoms with Crippen molar-refractivity contribution in [3.63, 3.8) is 0 Å². The zero-order valence-corrected chi connectivity index (χ0v) is 8.79. The molecule has 0 aromatic heterocycles. The van der Waals surface area contributed by atoms with Crippen LogP contribution < -0.4 is 10.6 Å². The minimum Gasteiger partial charge on any atom is -0.374 e. The first kappa shape index (κ1) is 9.53. The predicted molar refractivity (Wildman–Crippen MR) is 60.8 cm³/mol. The molecule has 0 saturated carbocycles. The molecule has 1 aromatic carbocycles. The number of aryl methyl sites for hydroxylation is 1. The number of nitrogens with zero attached hydrogens (tertiary/aromatic N) is 1. The van der Waals surface area contributed by atoms with Gasteiger partial charge in [-0.05, 0) is 43.0 Å². The molecule has 0 amide bonds. The lowest BCUT2D eigenvalue weighted by Gasteiger charge is -2.28. The fourth-order valence-corrected chi connectivity index (χ4v) is 2.13. The number of benzene rings is 1. The monoisotopic (exact) mass is 190 g/mol. The van der Waals surface area contributed by atoms with Gasteiger partial charge < -0.3 is 10.6 Å². The summed E-state index contributed by atoms with van der Waals surface area (Å²) in [6.07, 6.45) is 3.49. The third-order valence-electron chi connectivity index (χ3n) is 2.93. The quantitative estimate of drug-likeness (QED) is 0.767. The van der Waals surface area contributed by atoms with Gasteiger partial charge in [0.15, 0.2) is 0 Å². The van der Waals surface area contributed by atoms with Crippen LogP contribution in [-0.2, 0) is 12.8 Å². The van der Waals surface area contributed by atoms with E-state index in [2.05, 4.69) is 30.1 Å². The summed E-state index contributed by atoms with van der Waals surface area (Å²) in [5, 5.41) is 0. The molecule has 0 unspecified atom stereocenters. The van der Waals surface area contributed by atoms with E-state index in [0.717, 1.165) is 13.0 Å². The van der Waals surface area contributed by atoms with E-state index >= 15 is 0 Å². The van der Waals surface area contributed by atoms with E-state index in [1.165, 1.54) is 36.2 Å². The summed E-state index contributed by atoms with van der Waals surface area (Å²) in [6, 6.07) is 6.77. The Labute approximate surface area is 85.7 Å². The lowest BCUT2D eigenvalue weighted by molar-refractivity contribution is 0.743. The third-order valence-corrected chi connectivity index (χ3v) is 2.93. The normalized spacial score (nSPS) is 15.4. The van der Waals surface area contributed by atoms with Gasteiger partial charge in [-0.2, -0.15) is 0 Å². The highest BCUT2D eigenvalue weighted by molar-refractivity contribution is 5.56. The first-order chi connectivity index (χ1) is 6.81. The van der Waals surface area contributed by atoms with Crippen LogP contribution >= 0.6 is 0 Å². The fraction of sp³-hybridized carbons (Fsp3) is 0.500. The molecule has 2 N–H and O–H groups in total. The zero-order valence-electron chi connectivity index (χ0n) is 8.79. The molecule has 2 nitrogen and oxygen atoms in total. The summed E-state index contributed by atoms with van der Waals surface area (Å²) in [6.45, 7) is 1.92. The Morgan fingerprint density at radius 3 is 3.07 bits per heavy atom. The number of anilines is 1. The molecule has 1 heterocycles. The maximum atomic E-state index is 5.56. The van der Waals surface area contributed by atoms with Crippen molar-refractivity contribution in [2.45, 2.75) is 19.3 Å². The smallest absolute Gasteiger partial charge is 0.0398 e. The van der Waals surface area contributed by atoms with Crippen molar-refractivity contribution in [2.24, 2.45) is 5.73 Å². The van der Waals surface area contributed by atoms with Crippen molar-refractivity contribution < 1.29 is 0 Å². The van der Waals surface area contributed by atoms with Crippen molar-refractivity contribution in [3.8, 4) is 0 Å². The maximum Gasteiger partial charge on any atom is 0.0398 e. The van der Waals surface area contributed by atoms with E-state index in [1.54, 1.807) is 0 Å². The Balaban J connectivity index is 2.31. The number of nitrogens with two attached hydrogens (primary N) is 1. The second-order valence-electron chi connectivity index (χ2n) is 4.03. The Morgan fingerprint density at radius 2 is 2.29 bits per heavy atom. The summed E-state index contributed by atoms with van der Waals surface area (Å²) in [7, 11) is 2.17. The molecule has 14 heavy (non-hydrogen) atoms. The van der Waals surface area contributed by atoms with Crippen LogP contribution in [0.15, 0.2) is 18.2 Å². The third kappa shape index (κ3) is 1.75. The molecule has 76 valence electrons. The molecule has 0 spiro atoms. The van der Waals surface area contributed by atoms with E-state index in [-0.39, 0.29) is 0 Å². The van der Waals surface area contributed by atoms with Crippen LogP contribution in [0.2, 0.25) is 0 Å². The van der Waals surface area contributed by atoms with Crippen molar-refractivity contribution in [2.75, 3.05) is 25.0 Å². The first-order valence-corrected chi connectivity index (χ1v) is 5.34. The van der Waals surface area contributed by atoms with Gasteiger partial charge in [-0.3, -0.25) is 0 Å². The van der Waals surface area contributed by atoms with Gasteiger partial charge in [-0.1, -0.05) is 12.1 Å². The van der Waals surface area contributed by atoms with Gasteiger partial charge in [-0.15, -0.1) is 0 Å². The lowest BCUT2D eigenvalue weighted by atomic mass is 9.99. The van der Waals surface area contributed by atoms with Gasteiger partial charge in [0, 0.05) is 19.3 Å². The fourth-order valence-electron chi connectivity index (χ4n) is 2.13. The number of rotatable bonds is 2. The van der Waals surface area contributed by atoms with Gasteiger partial charge in [-0.25, -0.2) is 0 Å². The summed E-state index contributed by atoms with van der Waals surface area (Å²) in [4.78, 5) is 2.35. The van der Waals surface area contributed by atoms with Crippen LogP contribution in [0.1, 0.15) is 17.5 Å². The average molecular weight is 190 g/mol. The van der Waals surface area contributed by atoms with Crippen molar-refractivity contribution in [1.29, 1.82) is 0 Å². The molecule has 0 fully saturated rings. The van der Waals surface area contributed by atoms with Gasteiger partial charge in [0.05, 0.1) is 0 Å². The molecule has 1 aliphatic heterocycles. The van der Waals surface area contributed by atoms with Crippen LogP contribution in [0, 0.1) is 0 Å². The largest absolute Gasteiger partial charge is 0.374 e. The molecular weight excluding hydrogens is 172 g/mol. The highest BCUT2D eigenvalue weighted by Crippen LogP contribution is 2.26. The van der Waals surface area contributed by atoms with E-state index in [0.29, 0.717) is 0 Å². The van der Waals surface area contributed by atoms with Gasteiger partial charge in [0.25, 0.3) is 0 Å². The average Bonchev–Trinajstić information content (AvgIpc) is 2.20. The van der Waals surface area contributed by atoms with Crippen molar-refractivity contribution in [3.05, 3.63) is 29.3 Å². The highest BCUT2D eigenvalue weighted by atomic mass is 15.1. The lowest BCUT2D eigenvalue weighted by Crippen LogP contribution is -2.24. The summed E-state index contributed by atoms with van der Waals surface area (Å²) < 4.78 is 0. The van der Waals surface area contributed by atoms with Gasteiger partial charge >= 0.3 is 0 Å². The molecule has 2 rings (SSSR count). The van der Waals surface area contributed by atoms with Crippen molar-refractivity contribution >= 4 is 5.69 Å². The van der Waals surface area contributed by atoms with Crippen LogP contribution in [0.25, 0.3) is 0 Å². The minimum absolute atomic E-state index is 0.739. The van der Waals surface area contributed by atoms with E-state index < -0.39 is 0 Å². The Kier molecular flexibility index (Phi) is 2.73. The first-order valence-electron chi connectivity index (χ1n) is 5.34.